The predicted octanol–water partition coefficient (Wildman–Crippen LogP) is 1.92. The molecule has 1 aromatic carbocycles. The van der Waals surface area contributed by atoms with Crippen LogP contribution in [0, 0.1) is 0 Å². The van der Waals surface area contributed by atoms with Gasteiger partial charge in [-0.05, 0) is 35.9 Å². The molecule has 0 fully saturated rings. The van der Waals surface area contributed by atoms with Crippen LogP contribution < -0.4 is 10.8 Å². The molecule has 4 rings (SSSR count). The molecule has 2 N–H and O–H groups in total. The van der Waals surface area contributed by atoms with E-state index in [2.05, 4.69) is 25.2 Å². The first-order valence-electron chi connectivity index (χ1n) is 10.7. The van der Waals surface area contributed by atoms with Gasteiger partial charge in [0.15, 0.2) is 5.82 Å². The molecule has 0 bridgehead atoms. The van der Waals surface area contributed by atoms with Crippen LogP contribution in [-0.2, 0) is 20.8 Å². The number of amides is 2. The number of hydrogen-bond acceptors (Lipinski definition) is 7. The Labute approximate surface area is 200 Å². The zero-order chi connectivity index (χ0) is 24.6. The average molecular weight is 470 g/mol. The molecule has 2 amide bonds. The molecule has 4 aromatic rings. The lowest BCUT2D eigenvalue weighted by Crippen LogP contribution is -2.48. The number of hydroxylamine groups is 1. The maximum absolute atomic E-state index is 13.3. The van der Waals surface area contributed by atoms with Gasteiger partial charge in [0, 0.05) is 25.0 Å². The molecule has 176 valence electrons. The van der Waals surface area contributed by atoms with Crippen molar-refractivity contribution in [3.8, 4) is 17.2 Å². The number of benzene rings is 1. The summed E-state index contributed by atoms with van der Waals surface area (Å²) in [5.74, 6) is -2.12. The number of carbonyl (C=O) groups is 3. The summed E-state index contributed by atoms with van der Waals surface area (Å²) >= 11 is 0. The smallest absolute Gasteiger partial charge is 0.313 e. The van der Waals surface area contributed by atoms with E-state index < -0.39 is 23.6 Å². The minimum Gasteiger partial charge on any atom is -0.341 e. The highest BCUT2D eigenvalue weighted by atomic mass is 16.6. The van der Waals surface area contributed by atoms with Crippen molar-refractivity contribution in [3.05, 3.63) is 96.4 Å². The molecular formula is C25H22N6O4. The van der Waals surface area contributed by atoms with E-state index in [0.717, 1.165) is 5.56 Å². The van der Waals surface area contributed by atoms with Crippen LogP contribution in [0.15, 0.2) is 85.3 Å². The molecule has 35 heavy (non-hydrogen) atoms. The van der Waals surface area contributed by atoms with Crippen LogP contribution in [0.5, 0.6) is 0 Å². The van der Waals surface area contributed by atoms with Crippen LogP contribution in [0.2, 0.25) is 0 Å². The van der Waals surface area contributed by atoms with Gasteiger partial charge >= 0.3 is 5.91 Å². The predicted molar refractivity (Wildman–Crippen MR) is 126 cm³/mol. The van der Waals surface area contributed by atoms with E-state index in [1.165, 1.54) is 18.0 Å². The van der Waals surface area contributed by atoms with Gasteiger partial charge in [0.1, 0.15) is 11.7 Å². The summed E-state index contributed by atoms with van der Waals surface area (Å²) in [7, 11) is 1.22. The second-order valence-electron chi connectivity index (χ2n) is 7.45. The number of nitrogens with zero attached hydrogens (tertiary/aromatic N) is 4. The normalized spacial score (nSPS) is 11.5. The molecule has 1 atom stereocenters. The van der Waals surface area contributed by atoms with Crippen molar-refractivity contribution in [2.45, 2.75) is 12.5 Å². The quantitative estimate of drug-likeness (QED) is 0.282. The lowest BCUT2D eigenvalue weighted by Gasteiger charge is -2.18. The van der Waals surface area contributed by atoms with Gasteiger partial charge in [-0.25, -0.2) is 15.1 Å². The molecular weight excluding hydrogens is 448 g/mol. The molecule has 10 nitrogen and oxygen atoms in total. The molecule has 0 unspecified atom stereocenters. The zero-order valence-electron chi connectivity index (χ0n) is 18.8. The lowest BCUT2D eigenvalue weighted by molar-refractivity contribution is -0.145. The summed E-state index contributed by atoms with van der Waals surface area (Å²) in [5, 5.41) is 7.16. The van der Waals surface area contributed by atoms with E-state index in [-0.39, 0.29) is 17.8 Å². The summed E-state index contributed by atoms with van der Waals surface area (Å²) in [6.07, 6.45) is 4.98. The Bertz CT molecular complexity index is 1320. The summed E-state index contributed by atoms with van der Waals surface area (Å²) in [4.78, 5) is 51.4. The van der Waals surface area contributed by atoms with Crippen molar-refractivity contribution in [1.82, 2.24) is 30.5 Å². The topological polar surface area (TPSA) is 128 Å². The van der Waals surface area contributed by atoms with E-state index in [1.807, 2.05) is 41.9 Å². The number of rotatable bonds is 9. The maximum atomic E-state index is 13.3. The minimum atomic E-state index is -1.13. The number of ketones is 1. The Morgan fingerprint density at radius 3 is 2.43 bits per heavy atom. The minimum absolute atomic E-state index is 0.115. The average Bonchev–Trinajstić information content (AvgIpc) is 3.39. The van der Waals surface area contributed by atoms with Gasteiger partial charge in [0.05, 0.1) is 18.4 Å². The van der Waals surface area contributed by atoms with Crippen LogP contribution in [0.25, 0.3) is 17.2 Å². The molecule has 0 spiro atoms. The first-order chi connectivity index (χ1) is 17.1. The van der Waals surface area contributed by atoms with Crippen molar-refractivity contribution in [2.24, 2.45) is 0 Å². The van der Waals surface area contributed by atoms with Gasteiger partial charge in [-0.15, -0.1) is 0 Å². The maximum Gasteiger partial charge on any atom is 0.313 e. The van der Waals surface area contributed by atoms with E-state index in [9.17, 15) is 14.4 Å². The number of nitrogens with one attached hydrogen (secondary N) is 2. The van der Waals surface area contributed by atoms with Gasteiger partial charge in [0.2, 0.25) is 5.78 Å². The van der Waals surface area contributed by atoms with Crippen LogP contribution in [0.1, 0.15) is 15.9 Å². The number of Topliss-reactive ketones (excluding diaryl/α,β-unsaturated/α-hetero) is 1. The zero-order valence-corrected chi connectivity index (χ0v) is 18.8. The number of pyridine rings is 2. The molecule has 0 aliphatic rings. The first-order valence-corrected chi connectivity index (χ1v) is 10.7. The van der Waals surface area contributed by atoms with Gasteiger partial charge in [-0.1, -0.05) is 36.4 Å². The summed E-state index contributed by atoms with van der Waals surface area (Å²) < 4.78 is 1.46. The Balaban J connectivity index is 1.61. The summed E-state index contributed by atoms with van der Waals surface area (Å²) in [6, 6.07) is 18.3. The van der Waals surface area contributed by atoms with Crippen LogP contribution in [0.3, 0.4) is 0 Å². The highest BCUT2D eigenvalue weighted by molar-refractivity contribution is 6.38. The lowest BCUT2D eigenvalue weighted by atomic mass is 10.0. The van der Waals surface area contributed by atoms with E-state index >= 15 is 0 Å². The van der Waals surface area contributed by atoms with Crippen LogP contribution >= 0.6 is 0 Å². The molecule has 0 saturated heterocycles. The molecule has 0 radical (unpaired) electrons. The first kappa shape index (κ1) is 23.5. The number of carbonyl (C=O) groups excluding carboxylic acids is 3. The van der Waals surface area contributed by atoms with Gasteiger partial charge in [0.25, 0.3) is 5.91 Å². The molecule has 10 heteroatoms. The molecule has 0 saturated carbocycles. The Morgan fingerprint density at radius 1 is 0.914 bits per heavy atom. The SMILES string of the molecule is CONC(=O)C(=O)[C@H](Cc1ccccc1)NC(=O)c1cccnc1-n1ccc(-c2ccccn2)n1. The van der Waals surface area contributed by atoms with Crippen molar-refractivity contribution >= 4 is 17.6 Å². The fourth-order valence-electron chi connectivity index (χ4n) is 3.45. The van der Waals surface area contributed by atoms with Gasteiger partial charge < -0.3 is 5.32 Å². The van der Waals surface area contributed by atoms with E-state index in [0.29, 0.717) is 11.4 Å². The van der Waals surface area contributed by atoms with Crippen LogP contribution in [-0.4, -0.2) is 50.5 Å². The van der Waals surface area contributed by atoms with Crippen molar-refractivity contribution in [1.29, 1.82) is 0 Å². The van der Waals surface area contributed by atoms with Crippen molar-refractivity contribution in [2.75, 3.05) is 7.11 Å². The van der Waals surface area contributed by atoms with Crippen molar-refractivity contribution < 1.29 is 19.2 Å². The third-order valence-corrected chi connectivity index (χ3v) is 5.09. The second-order valence-corrected chi connectivity index (χ2v) is 7.45. The molecule has 0 aliphatic heterocycles. The highest BCUT2D eigenvalue weighted by Gasteiger charge is 2.29. The Kier molecular flexibility index (Phi) is 7.34. The van der Waals surface area contributed by atoms with Gasteiger partial charge in [-0.3, -0.25) is 24.2 Å². The fraction of sp³-hybridized carbons (Fsp3) is 0.120. The number of hydrogen-bond donors (Lipinski definition) is 2. The fourth-order valence-corrected chi connectivity index (χ4v) is 3.45. The van der Waals surface area contributed by atoms with Crippen LogP contribution in [0.4, 0.5) is 0 Å². The molecule has 0 aliphatic carbocycles. The highest BCUT2D eigenvalue weighted by Crippen LogP contribution is 2.17. The van der Waals surface area contributed by atoms with E-state index in [4.69, 9.17) is 0 Å². The standard InChI is InChI=1S/C25H22N6O4/c1-35-30-25(34)22(32)21(16-17-8-3-2-4-9-17)28-24(33)18-10-7-14-27-23(18)31-15-12-20(29-31)19-11-5-6-13-26-19/h2-15,21H,16H2,1H3,(H,28,33)(H,30,34)/t21-/m0/s1. The number of aromatic nitrogens is 4. The summed E-state index contributed by atoms with van der Waals surface area (Å²) in [6.45, 7) is 0. The summed E-state index contributed by atoms with van der Waals surface area (Å²) in [5.41, 5.74) is 4.24. The third-order valence-electron chi connectivity index (χ3n) is 5.09. The van der Waals surface area contributed by atoms with Crippen molar-refractivity contribution in [3.63, 3.8) is 0 Å². The molecule has 3 heterocycles. The monoisotopic (exact) mass is 470 g/mol. The second kappa shape index (κ2) is 10.9. The Hall–Kier alpha value is -4.70. The largest absolute Gasteiger partial charge is 0.341 e. The Morgan fingerprint density at radius 2 is 1.69 bits per heavy atom. The third kappa shape index (κ3) is 5.63. The molecule has 3 aromatic heterocycles. The van der Waals surface area contributed by atoms with E-state index in [1.54, 1.807) is 42.7 Å². The van der Waals surface area contributed by atoms with Gasteiger partial charge in [-0.2, -0.15) is 5.10 Å².